The van der Waals surface area contributed by atoms with Crippen LogP contribution < -0.4 is 10.6 Å². The van der Waals surface area contributed by atoms with E-state index < -0.39 is 0 Å². The number of nitrogens with two attached hydrogens (primary N) is 1. The van der Waals surface area contributed by atoms with Crippen LogP contribution in [0.1, 0.15) is 11.1 Å². The summed E-state index contributed by atoms with van der Waals surface area (Å²) in [5.74, 6) is 5.87. The average Bonchev–Trinajstić information content (AvgIpc) is 2.42. The van der Waals surface area contributed by atoms with Crippen molar-refractivity contribution < 1.29 is 4.74 Å². The number of benzene rings is 2. The van der Waals surface area contributed by atoms with Crippen LogP contribution in [-0.4, -0.2) is 6.21 Å². The third kappa shape index (κ3) is 3.63. The van der Waals surface area contributed by atoms with Crippen molar-refractivity contribution in [3.63, 3.8) is 0 Å². The lowest BCUT2D eigenvalue weighted by molar-refractivity contribution is 0.306. The Kier molecular flexibility index (Phi) is 4.66. The summed E-state index contributed by atoms with van der Waals surface area (Å²) in [6.45, 7) is 0.395. The van der Waals surface area contributed by atoms with Crippen LogP contribution in [0.2, 0.25) is 10.0 Å². The third-order valence-electron chi connectivity index (χ3n) is 2.51. The highest BCUT2D eigenvalue weighted by atomic mass is 35.5. The number of nitrogens with zero attached hydrogens (tertiary/aromatic N) is 1. The molecule has 19 heavy (non-hydrogen) atoms. The van der Waals surface area contributed by atoms with Gasteiger partial charge in [-0.1, -0.05) is 41.4 Å². The molecule has 0 aliphatic heterocycles. The van der Waals surface area contributed by atoms with Crippen molar-refractivity contribution in [1.29, 1.82) is 0 Å². The van der Waals surface area contributed by atoms with Gasteiger partial charge in [0.05, 0.1) is 16.3 Å². The Bertz CT molecular complexity index is 600. The molecule has 0 aliphatic rings. The van der Waals surface area contributed by atoms with E-state index in [0.29, 0.717) is 22.4 Å². The van der Waals surface area contributed by atoms with Gasteiger partial charge in [-0.25, -0.2) is 0 Å². The predicted octanol–water partition coefficient (Wildman–Crippen LogP) is 3.87. The molecule has 2 rings (SSSR count). The van der Waals surface area contributed by atoms with Gasteiger partial charge in [0.1, 0.15) is 12.4 Å². The second kappa shape index (κ2) is 6.45. The Morgan fingerprint density at radius 1 is 1.11 bits per heavy atom. The zero-order valence-electron chi connectivity index (χ0n) is 10.0. The van der Waals surface area contributed by atoms with Crippen molar-refractivity contribution in [2.24, 2.45) is 10.9 Å². The first kappa shape index (κ1) is 13.7. The molecule has 0 unspecified atom stereocenters. The van der Waals surface area contributed by atoms with E-state index in [1.54, 1.807) is 18.3 Å². The molecule has 5 heteroatoms. The summed E-state index contributed by atoms with van der Waals surface area (Å²) < 4.78 is 5.72. The number of halogens is 2. The molecule has 0 saturated heterocycles. The first-order valence-corrected chi connectivity index (χ1v) is 6.35. The van der Waals surface area contributed by atoms with Gasteiger partial charge in [0.25, 0.3) is 0 Å². The molecular formula is C14H12Cl2N2O. The standard InChI is InChI=1S/C14H12Cl2N2O/c15-12-6-5-10(7-13(12)16)9-19-14-4-2-1-3-11(14)8-18-17/h1-8H,9,17H2. The Balaban J connectivity index is 2.12. The summed E-state index contributed by atoms with van der Waals surface area (Å²) in [7, 11) is 0. The van der Waals surface area contributed by atoms with E-state index in [1.165, 1.54) is 0 Å². The number of para-hydroxylation sites is 1. The van der Waals surface area contributed by atoms with E-state index in [4.69, 9.17) is 33.8 Å². The molecule has 2 aromatic rings. The summed E-state index contributed by atoms with van der Waals surface area (Å²) >= 11 is 11.8. The molecule has 2 N–H and O–H groups in total. The highest BCUT2D eigenvalue weighted by Crippen LogP contribution is 2.24. The highest BCUT2D eigenvalue weighted by Gasteiger charge is 2.03. The monoisotopic (exact) mass is 294 g/mol. The fraction of sp³-hybridized carbons (Fsp3) is 0.0714. The topological polar surface area (TPSA) is 47.6 Å². The second-order valence-electron chi connectivity index (χ2n) is 3.85. The number of hydrazone groups is 1. The number of hydrogen-bond acceptors (Lipinski definition) is 3. The molecule has 0 heterocycles. The van der Waals surface area contributed by atoms with Crippen molar-refractivity contribution in [2.45, 2.75) is 6.61 Å². The van der Waals surface area contributed by atoms with E-state index in [0.717, 1.165) is 11.1 Å². The summed E-state index contributed by atoms with van der Waals surface area (Å²) in [6.07, 6.45) is 1.55. The maximum absolute atomic E-state index is 5.95. The molecule has 0 aromatic heterocycles. The molecule has 0 radical (unpaired) electrons. The predicted molar refractivity (Wildman–Crippen MR) is 79.0 cm³/mol. The maximum Gasteiger partial charge on any atom is 0.128 e. The molecule has 0 amide bonds. The van der Waals surface area contributed by atoms with Gasteiger partial charge in [-0.3, -0.25) is 0 Å². The Labute approximate surface area is 121 Å². The van der Waals surface area contributed by atoms with Crippen LogP contribution in [0.5, 0.6) is 5.75 Å². The van der Waals surface area contributed by atoms with Crippen LogP contribution in [0.25, 0.3) is 0 Å². The summed E-state index contributed by atoms with van der Waals surface area (Å²) in [5, 5.41) is 4.55. The minimum Gasteiger partial charge on any atom is -0.488 e. The van der Waals surface area contributed by atoms with Crippen molar-refractivity contribution in [1.82, 2.24) is 0 Å². The first-order chi connectivity index (χ1) is 9.20. The second-order valence-corrected chi connectivity index (χ2v) is 4.67. The lowest BCUT2D eigenvalue weighted by atomic mass is 10.2. The molecule has 0 atom stereocenters. The molecular weight excluding hydrogens is 283 g/mol. The van der Waals surface area contributed by atoms with Gasteiger partial charge >= 0.3 is 0 Å². The molecule has 0 bridgehead atoms. The van der Waals surface area contributed by atoms with Crippen molar-refractivity contribution in [3.8, 4) is 5.75 Å². The van der Waals surface area contributed by atoms with E-state index in [1.807, 2.05) is 30.3 Å². The first-order valence-electron chi connectivity index (χ1n) is 5.59. The van der Waals surface area contributed by atoms with Gasteiger partial charge in [0.15, 0.2) is 0 Å². The van der Waals surface area contributed by atoms with E-state index in [2.05, 4.69) is 5.10 Å². The Morgan fingerprint density at radius 2 is 1.89 bits per heavy atom. The van der Waals surface area contributed by atoms with Crippen molar-refractivity contribution in [2.75, 3.05) is 0 Å². The van der Waals surface area contributed by atoms with E-state index in [-0.39, 0.29) is 0 Å². The maximum atomic E-state index is 5.95. The SMILES string of the molecule is NN=Cc1ccccc1OCc1ccc(Cl)c(Cl)c1. The molecule has 0 fully saturated rings. The number of hydrogen-bond donors (Lipinski definition) is 1. The van der Waals surface area contributed by atoms with Crippen molar-refractivity contribution in [3.05, 3.63) is 63.6 Å². The Hall–Kier alpha value is -1.71. The van der Waals surface area contributed by atoms with Crippen LogP contribution in [0.15, 0.2) is 47.6 Å². The van der Waals surface area contributed by atoms with Crippen LogP contribution in [0.3, 0.4) is 0 Å². The lowest BCUT2D eigenvalue weighted by Gasteiger charge is -2.09. The molecule has 0 saturated carbocycles. The lowest BCUT2D eigenvalue weighted by Crippen LogP contribution is -1.99. The minimum atomic E-state index is 0.395. The highest BCUT2D eigenvalue weighted by molar-refractivity contribution is 6.42. The van der Waals surface area contributed by atoms with Gasteiger partial charge in [-0.15, -0.1) is 0 Å². The Morgan fingerprint density at radius 3 is 2.63 bits per heavy atom. The summed E-state index contributed by atoms with van der Waals surface area (Å²) in [6, 6.07) is 12.9. The fourth-order valence-corrected chi connectivity index (χ4v) is 1.91. The van der Waals surface area contributed by atoms with E-state index >= 15 is 0 Å². The summed E-state index contributed by atoms with van der Waals surface area (Å²) in [5.41, 5.74) is 1.76. The van der Waals surface area contributed by atoms with Crippen LogP contribution in [0, 0.1) is 0 Å². The molecule has 0 spiro atoms. The number of rotatable bonds is 4. The quantitative estimate of drug-likeness (QED) is 0.529. The van der Waals surface area contributed by atoms with Gasteiger partial charge in [0.2, 0.25) is 0 Å². The summed E-state index contributed by atoms with van der Waals surface area (Å²) in [4.78, 5) is 0. The van der Waals surface area contributed by atoms with E-state index in [9.17, 15) is 0 Å². The minimum absolute atomic E-state index is 0.395. The van der Waals surface area contributed by atoms with Gasteiger partial charge in [0, 0.05) is 5.56 Å². The normalized spacial score (nSPS) is 10.8. The zero-order valence-corrected chi connectivity index (χ0v) is 11.5. The van der Waals surface area contributed by atoms with Crippen LogP contribution in [0.4, 0.5) is 0 Å². The third-order valence-corrected chi connectivity index (χ3v) is 3.25. The van der Waals surface area contributed by atoms with Crippen LogP contribution in [-0.2, 0) is 6.61 Å². The van der Waals surface area contributed by atoms with Gasteiger partial charge in [-0.2, -0.15) is 5.10 Å². The van der Waals surface area contributed by atoms with Gasteiger partial charge in [-0.05, 0) is 29.8 Å². The zero-order chi connectivity index (χ0) is 13.7. The average molecular weight is 295 g/mol. The molecule has 3 nitrogen and oxygen atoms in total. The molecule has 2 aromatic carbocycles. The van der Waals surface area contributed by atoms with Crippen molar-refractivity contribution >= 4 is 29.4 Å². The fourth-order valence-electron chi connectivity index (χ4n) is 1.59. The van der Waals surface area contributed by atoms with Crippen LogP contribution >= 0.6 is 23.2 Å². The number of ether oxygens (including phenoxy) is 1. The smallest absolute Gasteiger partial charge is 0.128 e. The molecule has 98 valence electrons. The van der Waals surface area contributed by atoms with Gasteiger partial charge < -0.3 is 10.6 Å². The largest absolute Gasteiger partial charge is 0.488 e. The molecule has 0 aliphatic carbocycles.